The van der Waals surface area contributed by atoms with Crippen LogP contribution in [0.15, 0.2) is 16.8 Å². The molecule has 17 heavy (non-hydrogen) atoms. The van der Waals surface area contributed by atoms with Gasteiger partial charge < -0.3 is 4.52 Å². The number of hydrogen-bond donors (Lipinski definition) is 0. The van der Waals surface area contributed by atoms with Crippen LogP contribution in [0.25, 0.3) is 0 Å². The molecule has 7 heteroatoms. The average molecular weight is 245 g/mol. The van der Waals surface area contributed by atoms with Crippen LogP contribution in [-0.4, -0.2) is 14.9 Å². The number of alkyl halides is 3. The molecular formula is C10H10F3N3O. The van der Waals surface area contributed by atoms with Gasteiger partial charge in [-0.2, -0.15) is 18.3 Å². The highest BCUT2D eigenvalue weighted by atomic mass is 19.4. The first kappa shape index (κ1) is 11.7. The molecule has 2 rings (SSSR count). The van der Waals surface area contributed by atoms with E-state index in [9.17, 15) is 13.2 Å². The summed E-state index contributed by atoms with van der Waals surface area (Å²) in [5.41, 5.74) is 0.512. The highest BCUT2D eigenvalue weighted by Crippen LogP contribution is 2.27. The molecule has 92 valence electrons. The van der Waals surface area contributed by atoms with Gasteiger partial charge in [0.05, 0.1) is 12.2 Å². The summed E-state index contributed by atoms with van der Waals surface area (Å²) in [5, 5.41) is 7.19. The first-order chi connectivity index (χ1) is 7.88. The first-order valence-corrected chi connectivity index (χ1v) is 4.90. The molecular weight excluding hydrogens is 235 g/mol. The fourth-order valence-corrected chi connectivity index (χ4v) is 1.49. The molecule has 0 amide bonds. The Morgan fingerprint density at radius 1 is 1.35 bits per heavy atom. The minimum atomic E-state index is -4.41. The van der Waals surface area contributed by atoms with Crippen LogP contribution in [0.4, 0.5) is 13.2 Å². The molecule has 0 saturated heterocycles. The van der Waals surface area contributed by atoms with Crippen molar-refractivity contribution >= 4 is 0 Å². The first-order valence-electron chi connectivity index (χ1n) is 4.90. The second kappa shape index (κ2) is 3.90. The van der Waals surface area contributed by atoms with Crippen molar-refractivity contribution in [1.82, 2.24) is 14.9 Å². The monoisotopic (exact) mass is 245 g/mol. The number of halogens is 3. The molecule has 4 nitrogen and oxygen atoms in total. The van der Waals surface area contributed by atoms with Crippen molar-refractivity contribution in [2.75, 3.05) is 0 Å². The third kappa shape index (κ3) is 2.32. The summed E-state index contributed by atoms with van der Waals surface area (Å²) in [6.07, 6.45) is -3.13. The summed E-state index contributed by atoms with van der Waals surface area (Å²) < 4.78 is 43.1. The van der Waals surface area contributed by atoms with Gasteiger partial charge in [-0.15, -0.1) is 0 Å². The quantitative estimate of drug-likeness (QED) is 0.816. The van der Waals surface area contributed by atoms with Crippen molar-refractivity contribution in [3.63, 3.8) is 0 Å². The maximum atomic E-state index is 12.3. The van der Waals surface area contributed by atoms with Gasteiger partial charge in [-0.25, -0.2) is 0 Å². The van der Waals surface area contributed by atoms with E-state index < -0.39 is 11.9 Å². The molecule has 0 saturated carbocycles. The largest absolute Gasteiger partial charge is 0.435 e. The zero-order chi connectivity index (χ0) is 12.6. The van der Waals surface area contributed by atoms with Crippen molar-refractivity contribution in [1.29, 1.82) is 0 Å². The van der Waals surface area contributed by atoms with Crippen LogP contribution in [0.3, 0.4) is 0 Å². The summed E-state index contributed by atoms with van der Waals surface area (Å²) in [5.74, 6) is 0.589. The Balaban J connectivity index is 2.23. The van der Waals surface area contributed by atoms with E-state index >= 15 is 0 Å². The number of hydrogen-bond acceptors (Lipinski definition) is 3. The summed E-state index contributed by atoms with van der Waals surface area (Å²) >= 11 is 0. The van der Waals surface area contributed by atoms with Gasteiger partial charge in [-0.3, -0.25) is 4.68 Å². The predicted octanol–water partition coefficient (Wildman–Crippen LogP) is 2.56. The van der Waals surface area contributed by atoms with Crippen LogP contribution in [0.2, 0.25) is 0 Å². The molecule has 0 atom stereocenters. The Morgan fingerprint density at radius 3 is 2.53 bits per heavy atom. The van der Waals surface area contributed by atoms with Crippen LogP contribution < -0.4 is 0 Å². The normalized spacial score (nSPS) is 12.1. The lowest BCUT2D eigenvalue weighted by atomic mass is 10.2. The van der Waals surface area contributed by atoms with Crippen molar-refractivity contribution in [3.8, 4) is 0 Å². The van der Waals surface area contributed by atoms with Gasteiger partial charge in [-0.1, -0.05) is 5.16 Å². The van der Waals surface area contributed by atoms with Crippen LogP contribution in [0.5, 0.6) is 0 Å². The van der Waals surface area contributed by atoms with Crippen molar-refractivity contribution in [2.45, 2.75) is 26.6 Å². The number of nitrogens with zero attached hydrogens (tertiary/aromatic N) is 3. The number of aromatic nitrogens is 3. The van der Waals surface area contributed by atoms with E-state index in [0.29, 0.717) is 11.5 Å². The Morgan fingerprint density at radius 2 is 2.06 bits per heavy atom. The molecule has 0 aromatic carbocycles. The number of rotatable bonds is 2. The van der Waals surface area contributed by atoms with Crippen LogP contribution in [-0.2, 0) is 12.7 Å². The zero-order valence-corrected chi connectivity index (χ0v) is 9.25. The van der Waals surface area contributed by atoms with E-state index in [0.717, 1.165) is 11.6 Å². The fraction of sp³-hybridized carbons (Fsp3) is 0.400. The second-order valence-corrected chi connectivity index (χ2v) is 3.70. The molecule has 0 N–H and O–H groups in total. The minimum Gasteiger partial charge on any atom is -0.361 e. The van der Waals surface area contributed by atoms with E-state index in [2.05, 4.69) is 10.3 Å². The maximum absolute atomic E-state index is 12.3. The standard InChI is InChI=1S/C10H10F3N3O/c1-6-8(7(2)17-15-6)5-16-4-3-9(14-16)10(11,12)13/h3-4H,5H2,1-2H3. The Hall–Kier alpha value is -1.79. The molecule has 0 fully saturated rings. The lowest BCUT2D eigenvalue weighted by molar-refractivity contribution is -0.141. The van der Waals surface area contributed by atoms with Gasteiger partial charge in [0.1, 0.15) is 5.76 Å². The predicted molar refractivity (Wildman–Crippen MR) is 52.3 cm³/mol. The van der Waals surface area contributed by atoms with E-state index in [1.165, 1.54) is 10.9 Å². The number of aryl methyl sites for hydroxylation is 2. The fourth-order valence-electron chi connectivity index (χ4n) is 1.49. The van der Waals surface area contributed by atoms with Crippen LogP contribution >= 0.6 is 0 Å². The zero-order valence-electron chi connectivity index (χ0n) is 9.25. The topological polar surface area (TPSA) is 43.9 Å². The van der Waals surface area contributed by atoms with Crippen molar-refractivity contribution in [3.05, 3.63) is 35.0 Å². The van der Waals surface area contributed by atoms with E-state index in [4.69, 9.17) is 4.52 Å². The molecule has 0 aliphatic rings. The molecule has 0 aliphatic heterocycles. The molecule has 0 radical (unpaired) electrons. The highest BCUT2D eigenvalue weighted by molar-refractivity contribution is 5.21. The van der Waals surface area contributed by atoms with Gasteiger partial charge in [0.15, 0.2) is 5.69 Å². The molecule has 2 heterocycles. The van der Waals surface area contributed by atoms with Gasteiger partial charge in [-0.05, 0) is 19.9 Å². The van der Waals surface area contributed by atoms with Crippen LogP contribution in [0, 0.1) is 13.8 Å². The maximum Gasteiger partial charge on any atom is 0.435 e. The molecule has 2 aromatic rings. The molecule has 0 spiro atoms. The smallest absolute Gasteiger partial charge is 0.361 e. The second-order valence-electron chi connectivity index (χ2n) is 3.70. The van der Waals surface area contributed by atoms with E-state index in [1.807, 2.05) is 0 Å². The van der Waals surface area contributed by atoms with Crippen molar-refractivity contribution < 1.29 is 17.7 Å². The third-order valence-electron chi connectivity index (χ3n) is 2.43. The third-order valence-corrected chi connectivity index (χ3v) is 2.43. The highest BCUT2D eigenvalue weighted by Gasteiger charge is 2.33. The summed E-state index contributed by atoms with van der Waals surface area (Å²) in [6.45, 7) is 3.67. The van der Waals surface area contributed by atoms with Gasteiger partial charge in [0.2, 0.25) is 0 Å². The Labute approximate surface area is 95.0 Å². The Bertz CT molecular complexity index is 508. The van der Waals surface area contributed by atoms with Gasteiger partial charge >= 0.3 is 6.18 Å². The molecule has 2 aromatic heterocycles. The molecule has 0 unspecified atom stereocenters. The summed E-state index contributed by atoms with van der Waals surface area (Å²) in [6, 6.07) is 0.943. The lowest BCUT2D eigenvalue weighted by Crippen LogP contribution is -2.09. The van der Waals surface area contributed by atoms with Gasteiger partial charge in [0, 0.05) is 11.8 Å². The van der Waals surface area contributed by atoms with Crippen LogP contribution in [0.1, 0.15) is 22.7 Å². The van der Waals surface area contributed by atoms with Gasteiger partial charge in [0.25, 0.3) is 0 Å². The van der Waals surface area contributed by atoms with E-state index in [-0.39, 0.29) is 6.54 Å². The van der Waals surface area contributed by atoms with E-state index in [1.54, 1.807) is 13.8 Å². The minimum absolute atomic E-state index is 0.219. The molecule has 0 bridgehead atoms. The Kier molecular flexibility index (Phi) is 2.68. The SMILES string of the molecule is Cc1noc(C)c1Cn1ccc(C(F)(F)F)n1. The lowest BCUT2D eigenvalue weighted by Gasteiger charge is -2.02. The molecule has 0 aliphatic carbocycles. The summed E-state index contributed by atoms with van der Waals surface area (Å²) in [4.78, 5) is 0. The average Bonchev–Trinajstić information content (AvgIpc) is 2.79. The van der Waals surface area contributed by atoms with Crippen molar-refractivity contribution in [2.24, 2.45) is 0 Å². The summed E-state index contributed by atoms with van der Waals surface area (Å²) in [7, 11) is 0.